The van der Waals surface area contributed by atoms with Gasteiger partial charge in [0.15, 0.2) is 0 Å². The number of thioether (sulfide) groups is 1. The second-order valence-electron chi connectivity index (χ2n) is 7.90. The fourth-order valence-electron chi connectivity index (χ4n) is 3.68. The van der Waals surface area contributed by atoms with Gasteiger partial charge in [0.25, 0.3) is 5.56 Å². The minimum absolute atomic E-state index is 0.140. The Bertz CT molecular complexity index is 1150. The summed E-state index contributed by atoms with van der Waals surface area (Å²) >= 11 is 1.53. The van der Waals surface area contributed by atoms with Crippen LogP contribution in [0.3, 0.4) is 0 Å². The Balaban J connectivity index is 1.43. The predicted molar refractivity (Wildman–Crippen MR) is 128 cm³/mol. The molecule has 8 heteroatoms. The van der Waals surface area contributed by atoms with Crippen molar-refractivity contribution in [2.24, 2.45) is 0 Å². The lowest BCUT2D eigenvalue weighted by Crippen LogP contribution is -2.36. The number of carbonyl (C=O) groups is 1. The summed E-state index contributed by atoms with van der Waals surface area (Å²) in [7, 11) is 0. The lowest BCUT2D eigenvalue weighted by Gasteiger charge is -2.23. The lowest BCUT2D eigenvalue weighted by molar-refractivity contribution is -0.128. The van der Waals surface area contributed by atoms with Crippen LogP contribution in [0.2, 0.25) is 0 Å². The van der Waals surface area contributed by atoms with E-state index in [0.29, 0.717) is 18.8 Å². The number of aryl methyl sites for hydroxylation is 2. The molecule has 1 fully saturated rings. The van der Waals surface area contributed by atoms with Gasteiger partial charge in [0.2, 0.25) is 5.91 Å². The SMILES string of the molecule is Cc1ccc(-n2nc(N3CCCN(C(=O)CSc4ccncc4)CC3)ccc2=O)cc1C. The zero-order valence-electron chi connectivity index (χ0n) is 18.4. The summed E-state index contributed by atoms with van der Waals surface area (Å²) in [5, 5.41) is 4.64. The molecule has 3 aromatic rings. The van der Waals surface area contributed by atoms with Gasteiger partial charge in [-0.25, -0.2) is 0 Å². The highest BCUT2D eigenvalue weighted by Gasteiger charge is 2.20. The smallest absolute Gasteiger partial charge is 0.271 e. The van der Waals surface area contributed by atoms with E-state index in [9.17, 15) is 9.59 Å². The van der Waals surface area contributed by atoms with E-state index in [-0.39, 0.29) is 11.5 Å². The molecule has 166 valence electrons. The fraction of sp³-hybridized carbons (Fsp3) is 0.333. The number of hydrogen-bond acceptors (Lipinski definition) is 6. The van der Waals surface area contributed by atoms with E-state index in [1.165, 1.54) is 22.0 Å². The van der Waals surface area contributed by atoms with Gasteiger partial charge in [-0.15, -0.1) is 16.9 Å². The summed E-state index contributed by atoms with van der Waals surface area (Å²) in [4.78, 5) is 34.3. The van der Waals surface area contributed by atoms with E-state index < -0.39 is 0 Å². The molecular formula is C24H27N5O2S. The molecule has 7 nitrogen and oxygen atoms in total. The minimum atomic E-state index is -0.156. The number of aromatic nitrogens is 3. The average molecular weight is 450 g/mol. The zero-order valence-corrected chi connectivity index (χ0v) is 19.2. The Kier molecular flexibility index (Phi) is 6.90. The molecule has 0 saturated carbocycles. The highest BCUT2D eigenvalue weighted by atomic mass is 32.2. The number of hydrogen-bond donors (Lipinski definition) is 0. The summed E-state index contributed by atoms with van der Waals surface area (Å²) in [6.07, 6.45) is 4.33. The molecular weight excluding hydrogens is 422 g/mol. The molecule has 0 bridgehead atoms. The van der Waals surface area contributed by atoms with Crippen LogP contribution in [-0.4, -0.2) is 57.5 Å². The van der Waals surface area contributed by atoms with Crippen LogP contribution in [0.1, 0.15) is 17.5 Å². The molecule has 4 rings (SSSR count). The Hall–Kier alpha value is -3.13. The quantitative estimate of drug-likeness (QED) is 0.558. The van der Waals surface area contributed by atoms with E-state index in [1.807, 2.05) is 49.1 Å². The van der Waals surface area contributed by atoms with Crippen molar-refractivity contribution in [1.82, 2.24) is 19.7 Å². The van der Waals surface area contributed by atoms with Crippen molar-refractivity contribution in [3.8, 4) is 5.69 Å². The number of pyridine rings is 1. The number of benzene rings is 1. The van der Waals surface area contributed by atoms with Gasteiger partial charge in [0.05, 0.1) is 11.4 Å². The van der Waals surface area contributed by atoms with Crippen molar-refractivity contribution < 1.29 is 4.79 Å². The van der Waals surface area contributed by atoms with Crippen LogP contribution in [0.15, 0.2) is 64.5 Å². The molecule has 0 radical (unpaired) electrons. The topological polar surface area (TPSA) is 71.3 Å². The average Bonchev–Trinajstić information content (AvgIpc) is 3.07. The standard InChI is InChI=1S/C24H27N5O2S/c1-18-4-5-20(16-19(18)2)29-23(30)7-6-22(26-29)27-12-3-13-28(15-14-27)24(31)17-32-21-8-10-25-11-9-21/h4-11,16H,3,12-15,17H2,1-2H3. The Labute approximate surface area is 192 Å². The number of carbonyl (C=O) groups excluding carboxylic acids is 1. The monoisotopic (exact) mass is 449 g/mol. The maximum atomic E-state index is 12.7. The second-order valence-corrected chi connectivity index (χ2v) is 8.95. The summed E-state index contributed by atoms with van der Waals surface area (Å²) in [6.45, 7) is 6.92. The van der Waals surface area contributed by atoms with Crippen LogP contribution in [-0.2, 0) is 4.79 Å². The lowest BCUT2D eigenvalue weighted by atomic mass is 10.1. The Morgan fingerprint density at radius 1 is 0.969 bits per heavy atom. The first-order valence-electron chi connectivity index (χ1n) is 10.7. The zero-order chi connectivity index (χ0) is 22.5. The minimum Gasteiger partial charge on any atom is -0.353 e. The largest absolute Gasteiger partial charge is 0.353 e. The van der Waals surface area contributed by atoms with E-state index in [1.54, 1.807) is 24.5 Å². The molecule has 0 unspecified atom stereocenters. The van der Waals surface area contributed by atoms with Gasteiger partial charge in [0.1, 0.15) is 5.82 Å². The molecule has 3 heterocycles. The van der Waals surface area contributed by atoms with E-state index in [0.717, 1.165) is 41.5 Å². The van der Waals surface area contributed by atoms with Crippen LogP contribution in [0.4, 0.5) is 5.82 Å². The molecule has 32 heavy (non-hydrogen) atoms. The van der Waals surface area contributed by atoms with Crippen molar-refractivity contribution in [3.63, 3.8) is 0 Å². The van der Waals surface area contributed by atoms with E-state index in [4.69, 9.17) is 0 Å². The van der Waals surface area contributed by atoms with Crippen molar-refractivity contribution in [3.05, 3.63) is 76.3 Å². The van der Waals surface area contributed by atoms with E-state index in [2.05, 4.69) is 15.0 Å². The number of amides is 1. The van der Waals surface area contributed by atoms with Crippen molar-refractivity contribution in [2.75, 3.05) is 36.8 Å². The van der Waals surface area contributed by atoms with Gasteiger partial charge in [0, 0.05) is 49.5 Å². The molecule has 1 saturated heterocycles. The molecule has 0 spiro atoms. The van der Waals surface area contributed by atoms with Gasteiger partial charge in [-0.2, -0.15) is 4.68 Å². The van der Waals surface area contributed by atoms with Gasteiger partial charge in [-0.05, 0) is 61.7 Å². The maximum absolute atomic E-state index is 12.7. The molecule has 1 amide bonds. The van der Waals surface area contributed by atoms with Crippen LogP contribution in [0.25, 0.3) is 5.69 Å². The highest BCUT2D eigenvalue weighted by Crippen LogP contribution is 2.19. The Morgan fingerprint density at radius 3 is 2.56 bits per heavy atom. The normalized spacial score (nSPS) is 14.3. The van der Waals surface area contributed by atoms with Gasteiger partial charge < -0.3 is 9.80 Å². The summed E-state index contributed by atoms with van der Waals surface area (Å²) in [6, 6.07) is 13.1. The van der Waals surface area contributed by atoms with Crippen molar-refractivity contribution in [2.45, 2.75) is 25.2 Å². The summed E-state index contributed by atoms with van der Waals surface area (Å²) in [5.41, 5.74) is 2.91. The number of nitrogens with zero attached hydrogens (tertiary/aromatic N) is 5. The number of anilines is 1. The molecule has 1 aliphatic rings. The maximum Gasteiger partial charge on any atom is 0.271 e. The molecule has 0 N–H and O–H groups in total. The molecule has 0 atom stereocenters. The van der Waals surface area contributed by atoms with Gasteiger partial charge in [-0.1, -0.05) is 6.07 Å². The summed E-state index contributed by atoms with van der Waals surface area (Å²) in [5.74, 6) is 1.31. The first-order valence-corrected chi connectivity index (χ1v) is 11.7. The van der Waals surface area contributed by atoms with Crippen LogP contribution in [0.5, 0.6) is 0 Å². The third kappa shape index (κ3) is 5.19. The molecule has 1 aliphatic heterocycles. The number of rotatable bonds is 5. The van der Waals surface area contributed by atoms with E-state index >= 15 is 0 Å². The van der Waals surface area contributed by atoms with Crippen LogP contribution >= 0.6 is 11.8 Å². The predicted octanol–water partition coefficient (Wildman–Crippen LogP) is 3.08. The second kappa shape index (κ2) is 9.99. The molecule has 0 aliphatic carbocycles. The van der Waals surface area contributed by atoms with Gasteiger partial charge in [-0.3, -0.25) is 14.6 Å². The summed E-state index contributed by atoms with van der Waals surface area (Å²) < 4.78 is 1.46. The Morgan fingerprint density at radius 2 is 1.78 bits per heavy atom. The third-order valence-corrected chi connectivity index (χ3v) is 6.70. The first-order chi connectivity index (χ1) is 15.5. The van der Waals surface area contributed by atoms with Crippen molar-refractivity contribution in [1.29, 1.82) is 0 Å². The fourth-order valence-corrected chi connectivity index (χ4v) is 4.47. The van der Waals surface area contributed by atoms with Crippen LogP contribution < -0.4 is 10.5 Å². The molecule has 1 aromatic carbocycles. The highest BCUT2D eigenvalue weighted by molar-refractivity contribution is 8.00. The van der Waals surface area contributed by atoms with Crippen LogP contribution in [0, 0.1) is 13.8 Å². The van der Waals surface area contributed by atoms with Gasteiger partial charge >= 0.3 is 0 Å². The molecule has 2 aromatic heterocycles. The third-order valence-electron chi connectivity index (χ3n) is 5.71. The first kappa shape index (κ1) is 22.1. The van der Waals surface area contributed by atoms with Crippen molar-refractivity contribution >= 4 is 23.5 Å².